The number of nitrogens with one attached hydrogen (secondary N) is 4. The van der Waals surface area contributed by atoms with Crippen LogP contribution in [0.5, 0.6) is 34.5 Å². The number of amides is 2. The summed E-state index contributed by atoms with van der Waals surface area (Å²) in [6, 6.07) is 16.9. The van der Waals surface area contributed by atoms with Crippen LogP contribution in [0.1, 0.15) is 45.9 Å². The van der Waals surface area contributed by atoms with Gasteiger partial charge in [-0.3, -0.25) is 19.4 Å². The number of ether oxygens (including phenoxy) is 9. The minimum atomic E-state index is -0.509. The number of methoxy groups -OCH3 is 6. The summed E-state index contributed by atoms with van der Waals surface area (Å²) in [7, 11) is 14.9. The van der Waals surface area contributed by atoms with E-state index in [1.807, 2.05) is 92.9 Å². The lowest BCUT2D eigenvalue weighted by Crippen LogP contribution is -2.50. The van der Waals surface area contributed by atoms with Gasteiger partial charge in [0.05, 0.1) is 119 Å². The number of halogens is 5. The highest BCUT2D eigenvalue weighted by Gasteiger charge is 2.31. The number of pyridine rings is 3. The molecule has 9 aromatic heterocycles. The van der Waals surface area contributed by atoms with Gasteiger partial charge in [-0.25, -0.2) is 24.7 Å². The SMILES string of the molecule is C1COCCO1.C=CC(=O)Cl.C=CC(=O)N1CCN(CCCn2c[n+]3c(n2)c(-c2cc(OC)cc(OC)c2Cl)cc2cnc(NC)nc23)CC1.CNc1ncc2cc(-c3cc(OC)cc(OC)c3Cl)c3nc(CCCN4CCN(C(=O)OC(C)(C)C)CC4)nn3c2n1.CNc1ncc2cc(-c3cc(OC)cc(OC)c3Cl)c3nn(CCCN4CCNCC4)c[n+]3c2n1.Cl. The minimum absolute atomic E-state index is 0. The Hall–Kier alpha value is -11.2. The van der Waals surface area contributed by atoms with Gasteiger partial charge < -0.3 is 78.6 Å². The van der Waals surface area contributed by atoms with E-state index >= 15 is 0 Å². The molecule has 2 amide bonds. The molecule has 0 saturated carbocycles. The molecule has 0 atom stereocenters. The van der Waals surface area contributed by atoms with Crippen LogP contribution in [-0.2, 0) is 43.3 Å². The van der Waals surface area contributed by atoms with E-state index in [9.17, 15) is 14.4 Å². The van der Waals surface area contributed by atoms with Crippen molar-refractivity contribution in [3.63, 3.8) is 0 Å². The molecule has 4 fully saturated rings. The van der Waals surface area contributed by atoms with Crippen LogP contribution < -0.4 is 58.5 Å². The number of carbonyl (C=O) groups is 3. The van der Waals surface area contributed by atoms with Gasteiger partial charge in [0, 0.05) is 184 Å². The largest absolute Gasteiger partial charge is 0.497 e. The van der Waals surface area contributed by atoms with Crippen LogP contribution in [0.15, 0.2) is 111 Å². The zero-order valence-corrected chi connectivity index (χ0v) is 77.9. The summed E-state index contributed by atoms with van der Waals surface area (Å²) < 4.78 is 58.1. The number of hydrogen-bond acceptors (Lipinski definition) is 29. The minimum Gasteiger partial charge on any atom is -0.497 e. The molecule has 4 N–H and O–H groups in total. The van der Waals surface area contributed by atoms with Crippen molar-refractivity contribution < 1.29 is 65.8 Å². The molecule has 684 valence electrons. The fourth-order valence-electron chi connectivity index (χ4n) is 14.7. The molecular weight excluding hydrogens is 1750 g/mol. The number of aryl methyl sites for hydroxylation is 3. The number of aromatic nitrogens is 15. The van der Waals surface area contributed by atoms with E-state index in [0.29, 0.717) is 122 Å². The lowest BCUT2D eigenvalue weighted by atomic mass is 10.0. The number of benzene rings is 3. The summed E-state index contributed by atoms with van der Waals surface area (Å²) in [6.45, 7) is 30.1. The Bertz CT molecular complexity index is 5840. The van der Waals surface area contributed by atoms with Crippen molar-refractivity contribution in [1.82, 2.24) is 93.9 Å². The van der Waals surface area contributed by atoms with E-state index in [-0.39, 0.29) is 24.4 Å². The second kappa shape index (κ2) is 46.2. The van der Waals surface area contributed by atoms with Crippen LogP contribution in [0.2, 0.25) is 15.1 Å². The summed E-state index contributed by atoms with van der Waals surface area (Å²) in [6.07, 6.45) is 14.9. The lowest BCUT2D eigenvalue weighted by Gasteiger charge is -2.35. The average Bonchev–Trinajstić information content (AvgIpc) is 1.55. The quantitative estimate of drug-likeness (QED) is 0.0222. The number of allylic oxidation sites excluding steroid dienone is 1. The van der Waals surface area contributed by atoms with Crippen LogP contribution in [0.3, 0.4) is 0 Å². The van der Waals surface area contributed by atoms with Gasteiger partial charge in [-0.1, -0.05) is 57.9 Å². The number of piperazine rings is 3. The molecule has 0 aliphatic carbocycles. The number of nitrogens with zero attached hydrogens (tertiary/aromatic N) is 20. The fraction of sp³-hybridized carbons (Fsp3) is 0.437. The van der Waals surface area contributed by atoms with Crippen molar-refractivity contribution in [2.24, 2.45) is 0 Å². The van der Waals surface area contributed by atoms with Crippen LogP contribution in [0.25, 0.3) is 83.4 Å². The van der Waals surface area contributed by atoms with Crippen molar-refractivity contribution in [2.45, 2.75) is 65.1 Å². The highest BCUT2D eigenvalue weighted by Crippen LogP contribution is 2.44. The predicted octanol–water partition coefficient (Wildman–Crippen LogP) is 10.8. The number of hydrogen-bond donors (Lipinski definition) is 4. The molecular formula is C87H111Cl5N24O12+2. The highest BCUT2D eigenvalue weighted by atomic mass is 35.5. The van der Waals surface area contributed by atoms with Gasteiger partial charge in [0.1, 0.15) is 40.1 Å². The third-order valence-electron chi connectivity index (χ3n) is 21.3. The van der Waals surface area contributed by atoms with Gasteiger partial charge >= 0.3 is 6.09 Å². The van der Waals surface area contributed by atoms with E-state index in [4.69, 9.17) is 119 Å². The number of anilines is 3. The Labute approximate surface area is 768 Å². The average molecular weight is 1860 g/mol. The Kier molecular flexibility index (Phi) is 35.2. The molecule has 4 aliphatic rings. The molecule has 12 aromatic rings. The summed E-state index contributed by atoms with van der Waals surface area (Å²) in [5.74, 6) is 5.69. The number of carbonyl (C=O) groups excluding carboxylic acids is 3. The maximum Gasteiger partial charge on any atom is 0.410 e. The third kappa shape index (κ3) is 24.4. The normalized spacial score (nSPS) is 14.4. The molecule has 4 aliphatic heterocycles. The number of rotatable bonds is 26. The van der Waals surface area contributed by atoms with Crippen LogP contribution in [0.4, 0.5) is 22.6 Å². The molecule has 128 heavy (non-hydrogen) atoms. The Morgan fingerprint density at radius 1 is 0.484 bits per heavy atom. The molecule has 0 radical (unpaired) electrons. The molecule has 3 aromatic carbocycles. The van der Waals surface area contributed by atoms with E-state index in [2.05, 4.69) is 69.1 Å². The first kappa shape index (κ1) is 97.5. The first-order chi connectivity index (χ1) is 61.4. The third-order valence-corrected chi connectivity index (χ3v) is 22.6. The zero-order valence-electron chi connectivity index (χ0n) is 74.1. The Balaban J connectivity index is 0.000000175. The molecule has 41 heteroatoms. The Morgan fingerprint density at radius 2 is 0.891 bits per heavy atom. The monoisotopic (exact) mass is 1860 g/mol. The fourth-order valence-corrected chi connectivity index (χ4v) is 15.6. The van der Waals surface area contributed by atoms with Gasteiger partial charge in [0.2, 0.25) is 17.1 Å². The van der Waals surface area contributed by atoms with Gasteiger partial charge in [-0.2, -0.15) is 18.3 Å². The van der Waals surface area contributed by atoms with Crippen molar-refractivity contribution in [2.75, 3.05) is 204 Å². The van der Waals surface area contributed by atoms with Crippen molar-refractivity contribution >= 4 is 144 Å². The summed E-state index contributed by atoms with van der Waals surface area (Å²) in [5.41, 5.74) is 8.36. The van der Waals surface area contributed by atoms with Crippen molar-refractivity contribution in [3.8, 4) is 67.9 Å². The van der Waals surface area contributed by atoms with Crippen LogP contribution in [0, 0.1) is 0 Å². The Morgan fingerprint density at radius 3 is 1.30 bits per heavy atom. The molecule has 13 heterocycles. The van der Waals surface area contributed by atoms with E-state index in [1.165, 1.54) is 6.08 Å². The molecule has 4 saturated heterocycles. The molecule has 0 unspecified atom stereocenters. The molecule has 0 spiro atoms. The lowest BCUT2D eigenvalue weighted by molar-refractivity contribution is -0.485. The van der Waals surface area contributed by atoms with Gasteiger partial charge in [0.15, 0.2) is 29.8 Å². The second-order valence-electron chi connectivity index (χ2n) is 30.6. The maximum absolute atomic E-state index is 12.4. The van der Waals surface area contributed by atoms with E-state index < -0.39 is 10.8 Å². The molecule has 36 nitrogen and oxygen atoms in total. The predicted molar refractivity (Wildman–Crippen MR) is 497 cm³/mol. The summed E-state index contributed by atoms with van der Waals surface area (Å²) >= 11 is 25.1. The van der Waals surface area contributed by atoms with Crippen molar-refractivity contribution in [3.05, 3.63) is 132 Å². The van der Waals surface area contributed by atoms with Crippen LogP contribution >= 0.6 is 58.8 Å². The standard InChI is InChI=1S/C29H37ClN8O4.C27H32ClN8O3.C24H30ClN8O2.C4H8O2.C3H3ClO.ClH/c1-29(2,3)42-28(39)37-12-10-36(11-13-37)9-7-8-23-33-26-21(20-15-19(40-5)16-22(41-6)24(20)30)14-18-17-32-27(31-4)34-25(18)38(26)35-23;1-5-23(37)34-11-9-33(10-12-34)7-6-8-35-17-36-25-18(16-30-27(29-2)31-25)13-21(26(36)32-35)20-14-19(38-3)15-22(39-4)24(20)28;1-26-24-28-14-16-11-19(18-12-17(34-2)13-20(35-3)21(18)25)23-30-32(15-33(23)22(16)29-24)8-4-7-31-9-5-27-6-10-31;1-2-6-4-3-5-1;1-2-3(4)5;/h14-17H,7-13H2,1-6H3,(H,31,32,34);5,13-17H,1,6-12H2,2-4H3,(H,29,30,31);11-15,27H,4-10H2,1-3H3,(H,26,28,29);1-4H2;2H,1H2;1H/q;2*+1;;;. The number of fused-ring (bicyclic) bond motifs is 9. The first-order valence-electron chi connectivity index (χ1n) is 41.7. The summed E-state index contributed by atoms with van der Waals surface area (Å²) in [4.78, 5) is 76.8. The maximum atomic E-state index is 12.4. The van der Waals surface area contributed by atoms with Gasteiger partial charge in [-0.05, 0) is 117 Å². The van der Waals surface area contributed by atoms with Gasteiger partial charge in [0.25, 0.3) is 34.5 Å². The topological polar surface area (TPSA) is 350 Å². The van der Waals surface area contributed by atoms with E-state index in [0.717, 1.165) is 204 Å². The zero-order chi connectivity index (χ0) is 90.4. The van der Waals surface area contributed by atoms with Crippen molar-refractivity contribution in [1.29, 1.82) is 0 Å². The van der Waals surface area contributed by atoms with Gasteiger partial charge in [-0.15, -0.1) is 26.9 Å². The second-order valence-corrected chi connectivity index (χ2v) is 32.1. The molecule has 0 bridgehead atoms. The highest BCUT2D eigenvalue weighted by molar-refractivity contribution is 6.66. The van der Waals surface area contributed by atoms with E-state index in [1.54, 1.807) is 110 Å². The van der Waals surface area contributed by atoms with Crippen LogP contribution in [-0.4, -0.2) is 300 Å². The summed E-state index contributed by atoms with van der Waals surface area (Å²) in [5, 5.41) is 30.6. The first-order valence-corrected chi connectivity index (χ1v) is 43.2. The smallest absolute Gasteiger partial charge is 0.410 e. The molecule has 16 rings (SSSR count).